The molecule has 4 heteroatoms. The predicted octanol–water partition coefficient (Wildman–Crippen LogP) is 5.08. The van der Waals surface area contributed by atoms with Crippen LogP contribution in [0.15, 0.2) is 27.0 Å². The SMILES string of the molecule is Cc1cc2c(C3(C(=O)O)CCCCC3)c3oc(C)cc3cc2o1. The predicted molar refractivity (Wildman–Crippen MR) is 87.9 cm³/mol. The second-order valence-electron chi connectivity index (χ2n) is 6.74. The van der Waals surface area contributed by atoms with Crippen molar-refractivity contribution in [2.45, 2.75) is 51.4 Å². The van der Waals surface area contributed by atoms with Crippen LogP contribution in [0.4, 0.5) is 0 Å². The van der Waals surface area contributed by atoms with Crippen LogP contribution in [0.1, 0.15) is 49.2 Å². The number of carbonyl (C=O) groups is 1. The Morgan fingerprint density at radius 1 is 1.04 bits per heavy atom. The van der Waals surface area contributed by atoms with Crippen molar-refractivity contribution >= 4 is 27.9 Å². The summed E-state index contributed by atoms with van der Waals surface area (Å²) >= 11 is 0. The molecule has 2 aromatic heterocycles. The zero-order chi connectivity index (χ0) is 16.2. The van der Waals surface area contributed by atoms with Gasteiger partial charge in [0, 0.05) is 16.3 Å². The third-order valence-electron chi connectivity index (χ3n) is 5.15. The molecule has 0 atom stereocenters. The van der Waals surface area contributed by atoms with Crippen molar-refractivity contribution in [2.24, 2.45) is 0 Å². The molecule has 1 aliphatic carbocycles. The summed E-state index contributed by atoms with van der Waals surface area (Å²) in [4.78, 5) is 12.3. The van der Waals surface area contributed by atoms with Gasteiger partial charge in [0.05, 0.1) is 5.41 Å². The Hall–Kier alpha value is -2.23. The number of hydrogen-bond donors (Lipinski definition) is 1. The average Bonchev–Trinajstić information content (AvgIpc) is 3.05. The second-order valence-corrected chi connectivity index (χ2v) is 6.74. The Labute approximate surface area is 134 Å². The van der Waals surface area contributed by atoms with E-state index in [4.69, 9.17) is 8.83 Å². The van der Waals surface area contributed by atoms with Crippen molar-refractivity contribution in [3.8, 4) is 0 Å². The number of carboxylic acids is 1. The minimum Gasteiger partial charge on any atom is -0.481 e. The molecule has 4 nitrogen and oxygen atoms in total. The zero-order valence-corrected chi connectivity index (χ0v) is 13.4. The van der Waals surface area contributed by atoms with E-state index in [1.54, 1.807) is 0 Å². The fourth-order valence-corrected chi connectivity index (χ4v) is 4.14. The van der Waals surface area contributed by atoms with Crippen molar-refractivity contribution in [2.75, 3.05) is 0 Å². The van der Waals surface area contributed by atoms with Gasteiger partial charge in [0.1, 0.15) is 22.7 Å². The molecule has 4 rings (SSSR count). The van der Waals surface area contributed by atoms with Crippen molar-refractivity contribution in [3.05, 3.63) is 35.3 Å². The maximum Gasteiger partial charge on any atom is 0.314 e. The first-order valence-corrected chi connectivity index (χ1v) is 8.18. The smallest absolute Gasteiger partial charge is 0.314 e. The van der Waals surface area contributed by atoms with E-state index in [9.17, 15) is 9.90 Å². The molecule has 1 saturated carbocycles. The number of carboxylic acid groups (broad SMARTS) is 1. The Balaban J connectivity index is 2.14. The molecule has 23 heavy (non-hydrogen) atoms. The number of aliphatic carboxylic acids is 1. The van der Waals surface area contributed by atoms with E-state index in [-0.39, 0.29) is 0 Å². The van der Waals surface area contributed by atoms with E-state index >= 15 is 0 Å². The minimum absolute atomic E-state index is 0.653. The number of rotatable bonds is 2. The molecule has 0 radical (unpaired) electrons. The van der Waals surface area contributed by atoms with Crippen LogP contribution in [0.25, 0.3) is 21.9 Å². The first kappa shape index (κ1) is 14.4. The van der Waals surface area contributed by atoms with Crippen LogP contribution in [0.2, 0.25) is 0 Å². The van der Waals surface area contributed by atoms with Crippen molar-refractivity contribution in [1.82, 2.24) is 0 Å². The van der Waals surface area contributed by atoms with E-state index in [1.165, 1.54) is 0 Å². The molecule has 0 spiro atoms. The van der Waals surface area contributed by atoms with Gasteiger partial charge in [-0.3, -0.25) is 4.79 Å². The van der Waals surface area contributed by atoms with Gasteiger partial charge < -0.3 is 13.9 Å². The lowest BCUT2D eigenvalue weighted by Gasteiger charge is -2.34. The summed E-state index contributed by atoms with van der Waals surface area (Å²) in [6.45, 7) is 3.79. The highest BCUT2D eigenvalue weighted by Gasteiger charge is 2.44. The normalized spacial score (nSPS) is 17.8. The zero-order valence-electron chi connectivity index (χ0n) is 13.4. The molecule has 1 N–H and O–H groups in total. The van der Waals surface area contributed by atoms with Crippen LogP contribution >= 0.6 is 0 Å². The summed E-state index contributed by atoms with van der Waals surface area (Å²) in [5.41, 5.74) is 1.38. The molecule has 0 saturated heterocycles. The molecule has 0 bridgehead atoms. The molecule has 120 valence electrons. The van der Waals surface area contributed by atoms with Gasteiger partial charge >= 0.3 is 5.97 Å². The maximum absolute atomic E-state index is 12.3. The van der Waals surface area contributed by atoms with Gasteiger partial charge in [-0.2, -0.15) is 0 Å². The van der Waals surface area contributed by atoms with Gasteiger partial charge in [-0.15, -0.1) is 0 Å². The number of benzene rings is 1. The summed E-state index contributed by atoms with van der Waals surface area (Å²) in [6, 6.07) is 5.85. The van der Waals surface area contributed by atoms with Gasteiger partial charge in [-0.05, 0) is 44.9 Å². The summed E-state index contributed by atoms with van der Waals surface area (Å²) in [5, 5.41) is 11.9. The molecule has 0 unspecified atom stereocenters. The number of hydrogen-bond acceptors (Lipinski definition) is 3. The molecule has 2 heterocycles. The Kier molecular flexibility index (Phi) is 3.05. The molecule has 0 amide bonds. The van der Waals surface area contributed by atoms with E-state index in [0.717, 1.165) is 52.7 Å². The summed E-state index contributed by atoms with van der Waals surface area (Å²) < 4.78 is 11.7. The molecule has 3 aromatic rings. The largest absolute Gasteiger partial charge is 0.481 e. The standard InChI is InChI=1S/C19H20O4/c1-11-8-13-10-15-14(9-12(2)22-15)16(17(13)23-11)19(18(20)21)6-4-3-5-7-19/h8-10H,3-7H2,1-2H3,(H,20,21). The molecule has 1 aromatic carbocycles. The summed E-state index contributed by atoms with van der Waals surface area (Å²) in [5.74, 6) is 0.836. The van der Waals surface area contributed by atoms with E-state index in [2.05, 4.69) is 0 Å². The molecular weight excluding hydrogens is 292 g/mol. The minimum atomic E-state index is -0.878. The second kappa shape index (κ2) is 4.88. The summed E-state index contributed by atoms with van der Waals surface area (Å²) in [6.07, 6.45) is 4.26. The van der Waals surface area contributed by atoms with Crippen molar-refractivity contribution < 1.29 is 18.7 Å². The topological polar surface area (TPSA) is 63.6 Å². The van der Waals surface area contributed by atoms with E-state index in [0.29, 0.717) is 18.4 Å². The van der Waals surface area contributed by atoms with Crippen LogP contribution in [0.5, 0.6) is 0 Å². The Morgan fingerprint density at radius 3 is 2.43 bits per heavy atom. The van der Waals surface area contributed by atoms with Crippen molar-refractivity contribution in [3.63, 3.8) is 0 Å². The van der Waals surface area contributed by atoms with Gasteiger partial charge in [0.25, 0.3) is 0 Å². The van der Waals surface area contributed by atoms with Crippen LogP contribution in [0.3, 0.4) is 0 Å². The van der Waals surface area contributed by atoms with E-state index in [1.807, 2.05) is 32.0 Å². The fourth-order valence-electron chi connectivity index (χ4n) is 4.14. The van der Waals surface area contributed by atoms with E-state index < -0.39 is 11.4 Å². The van der Waals surface area contributed by atoms with Gasteiger partial charge in [0.2, 0.25) is 0 Å². The van der Waals surface area contributed by atoms with Crippen LogP contribution in [-0.2, 0) is 10.2 Å². The maximum atomic E-state index is 12.3. The van der Waals surface area contributed by atoms with Crippen LogP contribution in [-0.4, -0.2) is 11.1 Å². The average molecular weight is 312 g/mol. The Bertz CT molecular complexity index is 852. The number of aryl methyl sites for hydroxylation is 2. The van der Waals surface area contributed by atoms with Gasteiger partial charge in [-0.1, -0.05) is 19.3 Å². The Morgan fingerprint density at radius 2 is 1.74 bits per heavy atom. The first-order chi connectivity index (χ1) is 11.0. The highest BCUT2D eigenvalue weighted by atomic mass is 16.4. The number of fused-ring (bicyclic) bond motifs is 2. The van der Waals surface area contributed by atoms with Gasteiger partial charge in [0.15, 0.2) is 0 Å². The highest BCUT2D eigenvalue weighted by Crippen LogP contribution is 2.47. The molecule has 0 aliphatic heterocycles. The molecule has 1 aliphatic rings. The monoisotopic (exact) mass is 312 g/mol. The lowest BCUT2D eigenvalue weighted by atomic mass is 9.68. The molecule has 1 fully saturated rings. The molecular formula is C19H20O4. The fraction of sp³-hybridized carbons (Fsp3) is 0.421. The van der Waals surface area contributed by atoms with Crippen LogP contribution < -0.4 is 0 Å². The first-order valence-electron chi connectivity index (χ1n) is 8.18. The third-order valence-corrected chi connectivity index (χ3v) is 5.15. The highest BCUT2D eigenvalue weighted by molar-refractivity contribution is 6.03. The number of furan rings is 2. The van der Waals surface area contributed by atoms with Crippen LogP contribution in [0, 0.1) is 13.8 Å². The quantitative estimate of drug-likeness (QED) is 0.716. The van der Waals surface area contributed by atoms with Gasteiger partial charge in [-0.25, -0.2) is 0 Å². The van der Waals surface area contributed by atoms with Crippen molar-refractivity contribution in [1.29, 1.82) is 0 Å². The lowest BCUT2D eigenvalue weighted by Crippen LogP contribution is -2.38. The lowest BCUT2D eigenvalue weighted by molar-refractivity contribution is -0.145. The third kappa shape index (κ3) is 2.01. The summed E-state index contributed by atoms with van der Waals surface area (Å²) in [7, 11) is 0.